The Kier molecular flexibility index (Phi) is 5.54. The second kappa shape index (κ2) is 8.04. The van der Waals surface area contributed by atoms with Gasteiger partial charge in [0.15, 0.2) is 0 Å². The van der Waals surface area contributed by atoms with Crippen molar-refractivity contribution >= 4 is 11.7 Å². The Labute approximate surface area is 163 Å². The lowest BCUT2D eigenvalue weighted by atomic mass is 10.2. The van der Waals surface area contributed by atoms with E-state index in [-0.39, 0.29) is 17.3 Å². The maximum Gasteiger partial charge on any atom is 0.322 e. The molecule has 1 heterocycles. The third-order valence-electron chi connectivity index (χ3n) is 4.71. The van der Waals surface area contributed by atoms with E-state index in [4.69, 9.17) is 4.74 Å². The minimum Gasteiger partial charge on any atom is -0.497 e. The van der Waals surface area contributed by atoms with Crippen LogP contribution in [0.5, 0.6) is 5.75 Å². The van der Waals surface area contributed by atoms with Crippen LogP contribution in [0.25, 0.3) is 5.69 Å². The highest BCUT2D eigenvalue weighted by Crippen LogP contribution is 2.16. The highest BCUT2D eigenvalue weighted by Gasteiger charge is 2.19. The number of carbonyl (C=O) groups excluding carboxylic acids is 1. The molecule has 0 saturated heterocycles. The van der Waals surface area contributed by atoms with Crippen LogP contribution < -0.4 is 15.6 Å². The second-order valence-electron chi connectivity index (χ2n) is 6.57. The number of nitrogens with one attached hydrogen (secondary N) is 1. The van der Waals surface area contributed by atoms with Crippen molar-refractivity contribution in [1.82, 2.24) is 14.3 Å². The number of hydrogen-bond acceptors (Lipinski definition) is 3. The van der Waals surface area contributed by atoms with Crippen molar-refractivity contribution in [3.63, 3.8) is 0 Å². The van der Waals surface area contributed by atoms with Crippen molar-refractivity contribution in [3.05, 3.63) is 76.2 Å². The number of hydrogen-bond donors (Lipinski definition) is 1. The molecule has 2 aromatic carbocycles. The number of methoxy groups -OCH3 is 1. The maximum atomic E-state index is 12.9. The first-order chi connectivity index (χ1) is 13.4. The summed E-state index contributed by atoms with van der Waals surface area (Å²) in [7, 11) is 5.09. The number of aromatic nitrogens is 2. The van der Waals surface area contributed by atoms with Gasteiger partial charge in [-0.1, -0.05) is 30.3 Å². The summed E-state index contributed by atoms with van der Waals surface area (Å²) in [5.74, 6) is 0.761. The van der Waals surface area contributed by atoms with Crippen LogP contribution in [0.3, 0.4) is 0 Å². The van der Waals surface area contributed by atoms with E-state index in [9.17, 15) is 9.59 Å². The summed E-state index contributed by atoms with van der Waals surface area (Å²) < 4.78 is 8.41. The standard InChI is InChI=1S/C21H24N4O3/c1-15-19(20(26)25(24(15)3)17-8-6-5-7-9-17)22-21(27)23(2)14-16-10-12-18(28-4)13-11-16/h5-13H,14H2,1-4H3,(H,22,27). The number of nitrogens with zero attached hydrogens (tertiary/aromatic N) is 3. The van der Waals surface area contributed by atoms with Crippen LogP contribution in [0.2, 0.25) is 0 Å². The predicted molar refractivity (Wildman–Crippen MR) is 109 cm³/mol. The summed E-state index contributed by atoms with van der Waals surface area (Å²) in [5.41, 5.74) is 2.39. The van der Waals surface area contributed by atoms with Crippen LogP contribution in [-0.2, 0) is 13.6 Å². The molecule has 0 aliphatic rings. The largest absolute Gasteiger partial charge is 0.497 e. The molecule has 0 aliphatic carbocycles. The van der Waals surface area contributed by atoms with Gasteiger partial charge in [0.05, 0.1) is 18.5 Å². The molecule has 0 aliphatic heterocycles. The van der Waals surface area contributed by atoms with Gasteiger partial charge in [-0.15, -0.1) is 0 Å². The van der Waals surface area contributed by atoms with E-state index in [2.05, 4.69) is 5.32 Å². The highest BCUT2D eigenvalue weighted by molar-refractivity contribution is 5.89. The highest BCUT2D eigenvalue weighted by atomic mass is 16.5. The fourth-order valence-corrected chi connectivity index (χ4v) is 2.99. The molecular weight excluding hydrogens is 356 g/mol. The molecule has 0 fully saturated rings. The smallest absolute Gasteiger partial charge is 0.322 e. The first-order valence-corrected chi connectivity index (χ1v) is 8.91. The SMILES string of the molecule is COc1ccc(CN(C)C(=O)Nc2c(C)n(C)n(-c3ccccc3)c2=O)cc1. The van der Waals surface area contributed by atoms with Gasteiger partial charge in [-0.25, -0.2) is 9.48 Å². The van der Waals surface area contributed by atoms with E-state index in [1.54, 1.807) is 32.8 Å². The number of benzene rings is 2. The molecule has 0 radical (unpaired) electrons. The Morgan fingerprint density at radius 3 is 2.36 bits per heavy atom. The Balaban J connectivity index is 1.79. The Hall–Kier alpha value is -3.48. The number of anilines is 1. The van der Waals surface area contributed by atoms with Crippen molar-refractivity contribution in [2.75, 3.05) is 19.5 Å². The lowest BCUT2D eigenvalue weighted by Gasteiger charge is -2.17. The van der Waals surface area contributed by atoms with E-state index in [0.29, 0.717) is 12.2 Å². The van der Waals surface area contributed by atoms with Crippen molar-refractivity contribution in [3.8, 4) is 11.4 Å². The molecule has 1 aromatic heterocycles. The van der Waals surface area contributed by atoms with Gasteiger partial charge < -0.3 is 15.0 Å². The fraction of sp³-hybridized carbons (Fsp3) is 0.238. The molecular formula is C21H24N4O3. The van der Waals surface area contributed by atoms with Gasteiger partial charge in [0.1, 0.15) is 11.4 Å². The molecule has 3 rings (SSSR count). The molecule has 0 saturated carbocycles. The maximum absolute atomic E-state index is 12.9. The topological polar surface area (TPSA) is 68.5 Å². The van der Waals surface area contributed by atoms with E-state index >= 15 is 0 Å². The summed E-state index contributed by atoms with van der Waals surface area (Å²) in [4.78, 5) is 27.1. The first kappa shape index (κ1) is 19.3. The average Bonchev–Trinajstić information content (AvgIpc) is 2.92. The van der Waals surface area contributed by atoms with Crippen molar-refractivity contribution < 1.29 is 9.53 Å². The fourth-order valence-electron chi connectivity index (χ4n) is 2.99. The summed E-state index contributed by atoms with van der Waals surface area (Å²) in [5, 5.41) is 2.76. The van der Waals surface area contributed by atoms with Gasteiger partial charge in [0.2, 0.25) is 0 Å². The molecule has 3 aromatic rings. The zero-order valence-corrected chi connectivity index (χ0v) is 16.5. The Morgan fingerprint density at radius 2 is 1.75 bits per heavy atom. The third-order valence-corrected chi connectivity index (χ3v) is 4.71. The second-order valence-corrected chi connectivity index (χ2v) is 6.57. The number of carbonyl (C=O) groups is 1. The number of urea groups is 1. The molecule has 28 heavy (non-hydrogen) atoms. The monoisotopic (exact) mass is 380 g/mol. The number of rotatable bonds is 5. The molecule has 2 amide bonds. The summed E-state index contributed by atoms with van der Waals surface area (Å²) in [6.07, 6.45) is 0. The van der Waals surface area contributed by atoms with Crippen LogP contribution in [0, 0.1) is 6.92 Å². The van der Waals surface area contributed by atoms with Crippen LogP contribution in [0.15, 0.2) is 59.4 Å². The van der Waals surface area contributed by atoms with E-state index < -0.39 is 0 Å². The van der Waals surface area contributed by atoms with Gasteiger partial charge in [0.25, 0.3) is 5.56 Å². The number of amides is 2. The average molecular weight is 380 g/mol. The first-order valence-electron chi connectivity index (χ1n) is 8.91. The van der Waals surface area contributed by atoms with Gasteiger partial charge in [-0.3, -0.25) is 9.48 Å². The summed E-state index contributed by atoms with van der Waals surface area (Å²) in [6, 6.07) is 16.5. The van der Waals surface area contributed by atoms with Crippen molar-refractivity contribution in [2.24, 2.45) is 7.05 Å². The molecule has 7 nitrogen and oxygen atoms in total. The lowest BCUT2D eigenvalue weighted by Crippen LogP contribution is -2.33. The molecule has 1 N–H and O–H groups in total. The van der Waals surface area contributed by atoms with E-state index in [0.717, 1.165) is 17.0 Å². The van der Waals surface area contributed by atoms with Crippen molar-refractivity contribution in [1.29, 1.82) is 0 Å². The number of ether oxygens (including phenoxy) is 1. The Morgan fingerprint density at radius 1 is 1.11 bits per heavy atom. The molecule has 0 atom stereocenters. The van der Waals surface area contributed by atoms with Crippen LogP contribution >= 0.6 is 0 Å². The Bertz CT molecular complexity index is 1020. The van der Waals surface area contributed by atoms with Gasteiger partial charge in [-0.05, 0) is 36.8 Å². The lowest BCUT2D eigenvalue weighted by molar-refractivity contribution is 0.220. The minimum atomic E-state index is -0.346. The minimum absolute atomic E-state index is 0.266. The molecule has 146 valence electrons. The normalized spacial score (nSPS) is 10.6. The van der Waals surface area contributed by atoms with Gasteiger partial charge >= 0.3 is 6.03 Å². The van der Waals surface area contributed by atoms with E-state index in [1.165, 1.54) is 9.58 Å². The summed E-state index contributed by atoms with van der Waals surface area (Å²) in [6.45, 7) is 2.22. The predicted octanol–water partition coefficient (Wildman–Crippen LogP) is 3.16. The van der Waals surface area contributed by atoms with Crippen molar-refractivity contribution in [2.45, 2.75) is 13.5 Å². The zero-order chi connectivity index (χ0) is 20.3. The quantitative estimate of drug-likeness (QED) is 0.739. The third kappa shape index (κ3) is 3.78. The summed E-state index contributed by atoms with van der Waals surface area (Å²) >= 11 is 0. The van der Waals surface area contributed by atoms with Crippen LogP contribution in [0.1, 0.15) is 11.3 Å². The van der Waals surface area contributed by atoms with Gasteiger partial charge in [-0.2, -0.15) is 0 Å². The zero-order valence-electron chi connectivity index (χ0n) is 16.5. The van der Waals surface area contributed by atoms with Crippen LogP contribution in [0.4, 0.5) is 10.5 Å². The van der Waals surface area contributed by atoms with Crippen LogP contribution in [-0.4, -0.2) is 34.5 Å². The van der Waals surface area contributed by atoms with Gasteiger partial charge in [0, 0.05) is 20.6 Å². The molecule has 7 heteroatoms. The molecule has 0 unspecified atom stereocenters. The molecule has 0 bridgehead atoms. The van der Waals surface area contributed by atoms with E-state index in [1.807, 2.05) is 54.6 Å². The molecule has 0 spiro atoms. The number of para-hydroxylation sites is 1.